The van der Waals surface area contributed by atoms with Gasteiger partial charge in [0.15, 0.2) is 0 Å². The number of allylic oxidation sites excluding steroid dienone is 2. The first-order chi connectivity index (χ1) is 9.17. The van der Waals surface area contributed by atoms with E-state index in [2.05, 4.69) is 18.5 Å². The first-order valence-electron chi connectivity index (χ1n) is 6.60. The maximum atomic E-state index is 11.8. The second kappa shape index (κ2) is 10.4. The molecule has 0 radical (unpaired) electrons. The molecule has 2 aliphatic rings. The van der Waals surface area contributed by atoms with E-state index < -0.39 is 0 Å². The third-order valence-electron chi connectivity index (χ3n) is 3.11. The number of hydrogen-bond donors (Lipinski definition) is 1. The molecule has 0 aromatic rings. The summed E-state index contributed by atoms with van der Waals surface area (Å²) < 4.78 is 0. The molecule has 4 nitrogen and oxygen atoms in total. The average molecular weight is 460 g/mol. The van der Waals surface area contributed by atoms with Gasteiger partial charge < -0.3 is 12.3 Å². The molecule has 116 valence electrons. The third kappa shape index (κ3) is 4.89. The Morgan fingerprint density at radius 1 is 1.29 bits per heavy atom. The third-order valence-corrected chi connectivity index (χ3v) is 3.11. The Morgan fingerprint density at radius 2 is 1.90 bits per heavy atom. The van der Waals surface area contributed by atoms with Crippen LogP contribution in [0.15, 0.2) is 36.6 Å². The molecule has 5 heteroatoms. The number of carbonyl (C=O) groups excluding carboxylic acids is 2. The summed E-state index contributed by atoms with van der Waals surface area (Å²) in [7, 11) is 0. The summed E-state index contributed by atoms with van der Waals surface area (Å²) in [6, 6.07) is -0.283. The van der Waals surface area contributed by atoms with Gasteiger partial charge in [-0.1, -0.05) is 19.5 Å². The summed E-state index contributed by atoms with van der Waals surface area (Å²) in [6.07, 6.45) is 6.43. The van der Waals surface area contributed by atoms with Gasteiger partial charge in [0.2, 0.25) is 11.8 Å². The number of rotatable bonds is 3. The maximum Gasteiger partial charge on any atom is 2.00 e. The van der Waals surface area contributed by atoms with Crippen LogP contribution in [0.2, 0.25) is 0 Å². The monoisotopic (exact) mass is 460 g/mol. The molecule has 0 bridgehead atoms. The van der Waals surface area contributed by atoms with Gasteiger partial charge in [0, 0.05) is 6.42 Å². The molecule has 0 aliphatic carbocycles. The molecule has 21 heavy (non-hydrogen) atoms. The van der Waals surface area contributed by atoms with Gasteiger partial charge in [-0.3, -0.25) is 14.9 Å². The van der Waals surface area contributed by atoms with E-state index in [1.165, 1.54) is 0 Å². The maximum absolute atomic E-state index is 11.8. The summed E-state index contributed by atoms with van der Waals surface area (Å²) in [4.78, 5) is 24.8. The van der Waals surface area contributed by atoms with Crippen LogP contribution >= 0.6 is 0 Å². The fourth-order valence-electron chi connectivity index (χ4n) is 2.26. The summed E-state index contributed by atoms with van der Waals surface area (Å²) in [5, 5.41) is 2.37. The number of carbonyl (C=O) groups is 2. The molecule has 0 aromatic carbocycles. The predicted octanol–water partition coefficient (Wildman–Crippen LogP) is 2.41. The molecule has 1 unspecified atom stereocenters. The molecule has 1 fully saturated rings. The van der Waals surface area contributed by atoms with E-state index in [-0.39, 0.29) is 46.3 Å². The van der Waals surface area contributed by atoms with Crippen molar-refractivity contribution in [3.05, 3.63) is 50.4 Å². The van der Waals surface area contributed by atoms with Crippen molar-refractivity contribution in [1.29, 1.82) is 0 Å². The van der Waals surface area contributed by atoms with Gasteiger partial charge in [0.25, 0.3) is 0 Å². The first-order valence-corrected chi connectivity index (χ1v) is 6.60. The van der Waals surface area contributed by atoms with Crippen LogP contribution < -0.4 is 5.32 Å². The van der Waals surface area contributed by atoms with E-state index in [1.54, 1.807) is 12.2 Å². The number of nitrogens with zero attached hydrogens (tertiary/aromatic N) is 1. The molecule has 1 saturated heterocycles. The van der Waals surface area contributed by atoms with Gasteiger partial charge in [0.1, 0.15) is 0 Å². The Morgan fingerprint density at radius 3 is 2.38 bits per heavy atom. The molecule has 0 saturated carbocycles. The molecule has 0 spiro atoms. The number of amides is 2. The van der Waals surface area contributed by atoms with Gasteiger partial charge >= 0.3 is 21.1 Å². The fraction of sp³-hybridized carbons (Fsp3) is 0.375. The normalized spacial score (nSPS) is 20.1. The number of hydrogen-bond acceptors (Lipinski definition) is 3. The van der Waals surface area contributed by atoms with E-state index in [0.717, 1.165) is 11.3 Å². The van der Waals surface area contributed by atoms with Crippen LogP contribution in [0.3, 0.4) is 0 Å². The SMILES string of the molecule is C=CC1=C(C=C)N(C2CCC(=O)NC2=O)C[CH-]1.CC.[CH3-].[W+2]. The van der Waals surface area contributed by atoms with Crippen molar-refractivity contribution < 1.29 is 30.7 Å². The zero-order chi connectivity index (χ0) is 14.4. The summed E-state index contributed by atoms with van der Waals surface area (Å²) in [5.74, 6) is -0.415. The summed E-state index contributed by atoms with van der Waals surface area (Å²) in [6.45, 7) is 12.2. The largest absolute Gasteiger partial charge is 2.00 e. The van der Waals surface area contributed by atoms with Crippen molar-refractivity contribution >= 4 is 11.8 Å². The Labute approximate surface area is 142 Å². The smallest absolute Gasteiger partial charge is 0.420 e. The van der Waals surface area contributed by atoms with Gasteiger partial charge in [-0.05, 0) is 13.0 Å². The minimum atomic E-state index is -0.283. The van der Waals surface area contributed by atoms with Gasteiger partial charge in [-0.2, -0.15) is 24.6 Å². The van der Waals surface area contributed by atoms with Crippen molar-refractivity contribution in [2.75, 3.05) is 6.54 Å². The van der Waals surface area contributed by atoms with Gasteiger partial charge in [-0.25, -0.2) is 0 Å². The zero-order valence-corrected chi connectivity index (χ0v) is 16.0. The Balaban J connectivity index is 0. The molecule has 2 amide bonds. The zero-order valence-electron chi connectivity index (χ0n) is 13.0. The summed E-state index contributed by atoms with van der Waals surface area (Å²) in [5.41, 5.74) is 1.90. The minimum Gasteiger partial charge on any atom is -0.420 e. The molecule has 2 rings (SSSR count). The second-order valence-electron chi connectivity index (χ2n) is 4.07. The first kappa shape index (κ1) is 22.0. The number of imide groups is 1. The molecule has 2 heterocycles. The van der Waals surface area contributed by atoms with Crippen molar-refractivity contribution in [3.8, 4) is 0 Å². The van der Waals surface area contributed by atoms with E-state index in [0.29, 0.717) is 19.4 Å². The quantitative estimate of drug-likeness (QED) is 0.520. The van der Waals surface area contributed by atoms with E-state index in [4.69, 9.17) is 0 Å². The minimum absolute atomic E-state index is 0. The predicted molar refractivity (Wildman–Crippen MR) is 82.4 cm³/mol. The standard InChI is InChI=1S/C13H15N2O2.C2H6.CH3.W/c1-3-9-7-8-15(10(9)4-2)11-5-6-12(16)14-13(11)17;1-2;;/h3-4,7,11H,1-2,5-6,8H2,(H,14,16,17);1-2H3;1H3;/q-1;;-1;+2. The second-order valence-corrected chi connectivity index (χ2v) is 4.07. The van der Waals surface area contributed by atoms with Gasteiger partial charge in [0.05, 0.1) is 6.04 Å². The van der Waals surface area contributed by atoms with E-state index >= 15 is 0 Å². The van der Waals surface area contributed by atoms with Crippen LogP contribution in [-0.2, 0) is 30.7 Å². The van der Waals surface area contributed by atoms with E-state index in [1.807, 2.05) is 25.2 Å². The molecule has 1 atom stereocenters. The molecular formula is C16H24N2O2W. The topological polar surface area (TPSA) is 49.4 Å². The molecule has 0 aromatic heterocycles. The van der Waals surface area contributed by atoms with Crippen molar-refractivity contribution in [1.82, 2.24) is 10.2 Å². The van der Waals surface area contributed by atoms with Crippen molar-refractivity contribution in [2.45, 2.75) is 32.7 Å². The Kier molecular flexibility index (Phi) is 10.9. The molecule has 2 aliphatic heterocycles. The Bertz CT molecular complexity index is 430. The molecule has 1 N–H and O–H groups in total. The number of piperidine rings is 1. The van der Waals surface area contributed by atoms with Crippen LogP contribution in [0.25, 0.3) is 0 Å². The van der Waals surface area contributed by atoms with Crippen LogP contribution in [0.1, 0.15) is 26.7 Å². The van der Waals surface area contributed by atoms with Crippen LogP contribution in [0, 0.1) is 13.8 Å². The van der Waals surface area contributed by atoms with Crippen LogP contribution in [0.4, 0.5) is 0 Å². The number of nitrogens with one attached hydrogen (secondary N) is 1. The average Bonchev–Trinajstić information content (AvgIpc) is 2.83. The van der Waals surface area contributed by atoms with Crippen molar-refractivity contribution in [2.24, 2.45) is 0 Å². The van der Waals surface area contributed by atoms with Crippen molar-refractivity contribution in [3.63, 3.8) is 0 Å². The summed E-state index contributed by atoms with van der Waals surface area (Å²) >= 11 is 0. The van der Waals surface area contributed by atoms with E-state index in [9.17, 15) is 9.59 Å². The Hall–Kier alpha value is -1.28. The molecular weight excluding hydrogens is 436 g/mol. The van der Waals surface area contributed by atoms with Crippen LogP contribution in [0.5, 0.6) is 0 Å². The van der Waals surface area contributed by atoms with Gasteiger partial charge in [-0.15, -0.1) is 12.7 Å². The fourth-order valence-corrected chi connectivity index (χ4v) is 2.26. The van der Waals surface area contributed by atoms with Crippen LogP contribution in [-0.4, -0.2) is 29.3 Å².